The molecule has 7 nitrogen and oxygen atoms in total. The van der Waals surface area contributed by atoms with Gasteiger partial charge in [-0.1, -0.05) is 67.6 Å². The Kier molecular flexibility index (Phi) is 6.30. The molecule has 0 amide bonds. The topological polar surface area (TPSA) is 117 Å². The van der Waals surface area contributed by atoms with Crippen LogP contribution in [0.15, 0.2) is 72.8 Å². The lowest BCUT2D eigenvalue weighted by Gasteiger charge is -2.12. The fraction of sp³-hybridized carbons (Fsp3) is 0.120. The van der Waals surface area contributed by atoms with Crippen LogP contribution in [-0.4, -0.2) is 20.9 Å². The van der Waals surface area contributed by atoms with Crippen LogP contribution in [0.1, 0.15) is 28.4 Å². The lowest BCUT2D eigenvalue weighted by molar-refractivity contribution is 0.0503. The van der Waals surface area contributed by atoms with E-state index in [1.54, 1.807) is 18.2 Å². The summed E-state index contributed by atoms with van der Waals surface area (Å²) in [5.74, 6) is 5.93. The molecule has 0 aliphatic rings. The molecule has 32 heavy (non-hydrogen) atoms. The third-order valence-corrected chi connectivity index (χ3v) is 5.22. The molecule has 0 fully saturated rings. The molecule has 7 heteroatoms. The maximum atomic E-state index is 11.9. The second-order valence-corrected chi connectivity index (χ2v) is 7.16. The average Bonchev–Trinajstić information content (AvgIpc) is 2.87. The molecule has 1 heterocycles. The van der Waals surface area contributed by atoms with Gasteiger partial charge in [-0.25, -0.2) is 19.7 Å². The van der Waals surface area contributed by atoms with Gasteiger partial charge in [0, 0.05) is 23.2 Å². The van der Waals surface area contributed by atoms with Crippen molar-refractivity contribution in [3.8, 4) is 34.2 Å². The normalized spacial score (nSPS) is 10.7. The first-order valence-electron chi connectivity index (χ1n) is 10.3. The highest BCUT2D eigenvalue weighted by atomic mass is 16.7. The van der Waals surface area contributed by atoms with E-state index in [1.165, 1.54) is 0 Å². The van der Waals surface area contributed by atoms with E-state index < -0.39 is 5.97 Å². The van der Waals surface area contributed by atoms with Gasteiger partial charge in [-0.15, -0.1) is 0 Å². The first-order chi connectivity index (χ1) is 15.6. The quantitative estimate of drug-likeness (QED) is 0.450. The second-order valence-electron chi connectivity index (χ2n) is 7.16. The number of nitrogens with two attached hydrogens (primary N) is 2. The van der Waals surface area contributed by atoms with E-state index in [9.17, 15) is 4.79 Å². The van der Waals surface area contributed by atoms with E-state index in [0.29, 0.717) is 35.1 Å². The van der Waals surface area contributed by atoms with Gasteiger partial charge in [-0.2, -0.15) is 5.90 Å². The Bertz CT molecular complexity index is 1210. The van der Waals surface area contributed by atoms with Gasteiger partial charge in [0.2, 0.25) is 0 Å². The number of aryl methyl sites for hydroxylation is 1. The Morgan fingerprint density at radius 3 is 2.03 bits per heavy atom. The molecule has 0 unspecified atom stereocenters. The van der Waals surface area contributed by atoms with Crippen molar-refractivity contribution in [2.24, 2.45) is 11.6 Å². The molecule has 4 aromatic rings. The van der Waals surface area contributed by atoms with Crippen molar-refractivity contribution in [3.63, 3.8) is 0 Å². The lowest BCUT2D eigenvalue weighted by atomic mass is 10.0. The van der Waals surface area contributed by atoms with Gasteiger partial charge in [0.05, 0.1) is 5.56 Å². The fourth-order valence-corrected chi connectivity index (χ4v) is 3.56. The van der Waals surface area contributed by atoms with E-state index >= 15 is 0 Å². The summed E-state index contributed by atoms with van der Waals surface area (Å²) in [6, 6.07) is 22.6. The van der Waals surface area contributed by atoms with Crippen molar-refractivity contribution in [2.75, 3.05) is 0 Å². The maximum absolute atomic E-state index is 11.9. The Labute approximate surface area is 186 Å². The summed E-state index contributed by atoms with van der Waals surface area (Å²) >= 11 is 0. The lowest BCUT2D eigenvalue weighted by Crippen LogP contribution is -2.10. The zero-order chi connectivity index (χ0) is 22.5. The molecule has 0 saturated heterocycles. The van der Waals surface area contributed by atoms with E-state index in [1.807, 2.05) is 48.5 Å². The number of benzene rings is 3. The summed E-state index contributed by atoms with van der Waals surface area (Å²) in [5, 5.41) is 0. The van der Waals surface area contributed by atoms with Crippen LogP contribution in [0.4, 0.5) is 0 Å². The summed E-state index contributed by atoms with van der Waals surface area (Å²) in [6.07, 6.45) is 0.837. The summed E-state index contributed by atoms with van der Waals surface area (Å²) in [7, 11) is 0. The third-order valence-electron chi connectivity index (χ3n) is 5.22. The zero-order valence-corrected chi connectivity index (χ0v) is 17.7. The number of aromatic nitrogens is 3. The van der Waals surface area contributed by atoms with Gasteiger partial charge in [-0.3, -0.25) is 0 Å². The average molecular weight is 425 g/mol. The minimum atomic E-state index is -0.633. The number of nitrogens with zero attached hydrogens (tertiary/aromatic N) is 3. The van der Waals surface area contributed by atoms with Crippen molar-refractivity contribution in [3.05, 3.63) is 89.5 Å². The first kappa shape index (κ1) is 21.3. The van der Waals surface area contributed by atoms with Crippen molar-refractivity contribution in [1.29, 1.82) is 0 Å². The van der Waals surface area contributed by atoms with Crippen LogP contribution in [0.25, 0.3) is 34.2 Å². The van der Waals surface area contributed by atoms with Crippen LogP contribution in [0.2, 0.25) is 0 Å². The minimum absolute atomic E-state index is 0.310. The molecule has 3 aromatic carbocycles. The third kappa shape index (κ3) is 4.25. The molecule has 1 aromatic heterocycles. The van der Waals surface area contributed by atoms with Crippen molar-refractivity contribution < 1.29 is 9.63 Å². The molecule has 4 N–H and O–H groups in total. The number of hydrogen-bond donors (Lipinski definition) is 2. The zero-order valence-electron chi connectivity index (χ0n) is 17.7. The maximum Gasteiger partial charge on any atom is 0.356 e. The fourth-order valence-electron chi connectivity index (χ4n) is 3.56. The monoisotopic (exact) mass is 425 g/mol. The predicted molar refractivity (Wildman–Crippen MR) is 123 cm³/mol. The molecule has 0 atom stereocenters. The van der Waals surface area contributed by atoms with E-state index in [2.05, 4.69) is 17.8 Å². The van der Waals surface area contributed by atoms with Crippen LogP contribution in [-0.2, 0) is 17.8 Å². The number of carbonyl (C=O) groups is 1. The second kappa shape index (κ2) is 9.47. The van der Waals surface area contributed by atoms with Crippen LogP contribution in [0.3, 0.4) is 0 Å². The molecular formula is C25H23N5O2. The number of hydrogen-bond acceptors (Lipinski definition) is 7. The molecule has 0 aliphatic heterocycles. The smallest absolute Gasteiger partial charge is 0.356 e. The summed E-state index contributed by atoms with van der Waals surface area (Å²) < 4.78 is 0. The summed E-state index contributed by atoms with van der Waals surface area (Å²) in [5.41, 5.74) is 10.8. The standard InChI is InChI=1S/C25H23N5O2/c1-2-16-8-3-5-12-20(16)23-28-22(17-10-7-11-18(14-17)25(31)32-27)29-24(30-23)21-13-6-4-9-19(21)15-26/h3-14H,2,15,26-27H2,1H3. The molecule has 0 aliphatic carbocycles. The van der Waals surface area contributed by atoms with Gasteiger partial charge < -0.3 is 10.6 Å². The van der Waals surface area contributed by atoms with Crippen molar-refractivity contribution in [1.82, 2.24) is 15.0 Å². The molecule has 0 bridgehead atoms. The van der Waals surface area contributed by atoms with Gasteiger partial charge in [-0.05, 0) is 29.7 Å². The van der Waals surface area contributed by atoms with Crippen LogP contribution in [0.5, 0.6) is 0 Å². The minimum Gasteiger partial charge on any atom is -0.370 e. The van der Waals surface area contributed by atoms with Crippen molar-refractivity contribution in [2.45, 2.75) is 19.9 Å². The van der Waals surface area contributed by atoms with Crippen LogP contribution < -0.4 is 11.6 Å². The number of carbonyl (C=O) groups excluding carboxylic acids is 1. The first-order valence-corrected chi connectivity index (χ1v) is 10.3. The Morgan fingerprint density at radius 2 is 1.41 bits per heavy atom. The molecule has 0 radical (unpaired) electrons. The SMILES string of the molecule is CCc1ccccc1-c1nc(-c2cccc(C(=O)ON)c2)nc(-c2ccccc2CN)n1. The molecular weight excluding hydrogens is 402 g/mol. The molecule has 4 rings (SSSR count). The molecule has 0 spiro atoms. The van der Waals surface area contributed by atoms with Gasteiger partial charge in [0.1, 0.15) is 0 Å². The van der Waals surface area contributed by atoms with Gasteiger partial charge in [0.25, 0.3) is 0 Å². The van der Waals surface area contributed by atoms with E-state index in [4.69, 9.17) is 26.6 Å². The summed E-state index contributed by atoms with van der Waals surface area (Å²) in [6.45, 7) is 2.45. The highest BCUT2D eigenvalue weighted by molar-refractivity contribution is 5.90. The highest BCUT2D eigenvalue weighted by Gasteiger charge is 2.16. The van der Waals surface area contributed by atoms with Crippen molar-refractivity contribution >= 4 is 5.97 Å². The molecule has 160 valence electrons. The Hall–Kier alpha value is -3.94. The van der Waals surface area contributed by atoms with Crippen LogP contribution >= 0.6 is 0 Å². The number of rotatable bonds is 6. The van der Waals surface area contributed by atoms with Crippen LogP contribution in [0, 0.1) is 0 Å². The molecule has 0 saturated carbocycles. The van der Waals surface area contributed by atoms with E-state index in [0.717, 1.165) is 28.7 Å². The van der Waals surface area contributed by atoms with E-state index in [-0.39, 0.29) is 0 Å². The van der Waals surface area contributed by atoms with Gasteiger partial charge >= 0.3 is 5.97 Å². The summed E-state index contributed by atoms with van der Waals surface area (Å²) in [4.78, 5) is 30.6. The Balaban J connectivity index is 1.95. The largest absolute Gasteiger partial charge is 0.370 e. The van der Waals surface area contributed by atoms with Gasteiger partial charge in [0.15, 0.2) is 17.5 Å². The highest BCUT2D eigenvalue weighted by Crippen LogP contribution is 2.28. The predicted octanol–water partition coefficient (Wildman–Crippen LogP) is 3.92. The Morgan fingerprint density at radius 1 is 0.812 bits per heavy atom.